The third kappa shape index (κ3) is 4.22. The van der Waals surface area contributed by atoms with Crippen LogP contribution < -0.4 is 10.8 Å². The lowest BCUT2D eigenvalue weighted by atomic mass is 9.75. The van der Waals surface area contributed by atoms with Gasteiger partial charge in [-0.15, -0.1) is 0 Å². The van der Waals surface area contributed by atoms with Crippen molar-refractivity contribution in [3.05, 3.63) is 23.3 Å². The first kappa shape index (κ1) is 18.0. The van der Waals surface area contributed by atoms with Gasteiger partial charge in [0, 0.05) is 6.92 Å². The summed E-state index contributed by atoms with van der Waals surface area (Å²) in [6.45, 7) is 0.883. The van der Waals surface area contributed by atoms with Crippen LogP contribution >= 0.6 is 23.2 Å². The smallest absolute Gasteiger partial charge is 0.423 e. The van der Waals surface area contributed by atoms with Gasteiger partial charge in [-0.25, -0.2) is 0 Å². The second-order valence-corrected chi connectivity index (χ2v) is 4.95. The van der Waals surface area contributed by atoms with E-state index in [9.17, 15) is 22.4 Å². The van der Waals surface area contributed by atoms with Gasteiger partial charge in [0.2, 0.25) is 5.91 Å². The molecule has 0 saturated carbocycles. The summed E-state index contributed by atoms with van der Waals surface area (Å²) in [5.41, 5.74) is -4.44. The number of alkyl halides is 6. The van der Waals surface area contributed by atoms with E-state index in [1.165, 1.54) is 0 Å². The first-order valence-electron chi connectivity index (χ1n) is 5.30. The lowest BCUT2D eigenvalue weighted by Gasteiger charge is -2.23. The largest absolute Gasteiger partial charge is 0.489 e. The standard InChI is InChI=1S/C10H8BCl2F4NO3/c1-4(19)18-8-5(9(12,14)15)2-3-6(11(20)21)7(8)10(13,16)17/h2-3,20-21H,1H3,(H,18,19). The molecule has 116 valence electrons. The second-order valence-electron chi connectivity index (χ2n) is 4.00. The van der Waals surface area contributed by atoms with E-state index in [0.717, 1.165) is 6.92 Å². The molecule has 0 aliphatic rings. The van der Waals surface area contributed by atoms with E-state index in [1.807, 2.05) is 0 Å². The molecule has 0 spiro atoms. The maximum absolute atomic E-state index is 13.5. The van der Waals surface area contributed by atoms with E-state index in [0.29, 0.717) is 12.1 Å². The lowest BCUT2D eigenvalue weighted by molar-refractivity contribution is -0.114. The van der Waals surface area contributed by atoms with Crippen LogP contribution in [0.4, 0.5) is 23.2 Å². The predicted octanol–water partition coefficient (Wildman–Crippen LogP) is 1.90. The number of halogens is 6. The van der Waals surface area contributed by atoms with Gasteiger partial charge in [0.25, 0.3) is 0 Å². The predicted molar refractivity (Wildman–Crippen MR) is 70.1 cm³/mol. The van der Waals surface area contributed by atoms with Crippen LogP contribution in [-0.2, 0) is 15.6 Å². The van der Waals surface area contributed by atoms with E-state index < -0.39 is 46.1 Å². The lowest BCUT2D eigenvalue weighted by Crippen LogP contribution is -2.37. The number of anilines is 1. The number of carbonyl (C=O) groups excluding carboxylic acids is 1. The fourth-order valence-corrected chi connectivity index (χ4v) is 2.04. The number of hydrogen-bond acceptors (Lipinski definition) is 3. The van der Waals surface area contributed by atoms with Crippen molar-refractivity contribution in [2.75, 3.05) is 5.32 Å². The average molecular weight is 348 g/mol. The zero-order valence-corrected chi connectivity index (χ0v) is 11.8. The van der Waals surface area contributed by atoms with Gasteiger partial charge in [0.1, 0.15) is 0 Å². The van der Waals surface area contributed by atoms with Crippen molar-refractivity contribution < 1.29 is 32.4 Å². The highest BCUT2D eigenvalue weighted by atomic mass is 35.5. The number of benzene rings is 1. The quantitative estimate of drug-likeness (QED) is 0.442. The Hall–Kier alpha value is -1.03. The monoisotopic (exact) mass is 347 g/mol. The topological polar surface area (TPSA) is 69.6 Å². The molecule has 0 bridgehead atoms. The highest BCUT2D eigenvalue weighted by Gasteiger charge is 2.42. The fourth-order valence-electron chi connectivity index (χ4n) is 1.68. The molecule has 1 aromatic rings. The highest BCUT2D eigenvalue weighted by molar-refractivity contribution is 6.59. The number of hydrogen-bond donors (Lipinski definition) is 3. The average Bonchev–Trinajstić information content (AvgIpc) is 2.23. The van der Waals surface area contributed by atoms with Crippen molar-refractivity contribution in [2.24, 2.45) is 0 Å². The van der Waals surface area contributed by atoms with Gasteiger partial charge in [-0.3, -0.25) is 4.79 Å². The summed E-state index contributed by atoms with van der Waals surface area (Å²) in [5, 5.41) is 11.5. The Morgan fingerprint density at radius 1 is 1.19 bits per heavy atom. The van der Waals surface area contributed by atoms with Crippen molar-refractivity contribution >= 4 is 47.4 Å². The third-order valence-electron chi connectivity index (χ3n) is 2.41. The van der Waals surface area contributed by atoms with Crippen LogP contribution in [-0.4, -0.2) is 23.1 Å². The molecule has 0 radical (unpaired) electrons. The Morgan fingerprint density at radius 3 is 2.05 bits per heavy atom. The molecule has 21 heavy (non-hydrogen) atoms. The minimum absolute atomic E-state index is 0.583. The number of carbonyl (C=O) groups is 1. The summed E-state index contributed by atoms with van der Waals surface area (Å²) in [7, 11) is -2.42. The van der Waals surface area contributed by atoms with E-state index >= 15 is 0 Å². The molecule has 0 atom stereocenters. The molecule has 0 heterocycles. The normalized spacial score (nSPS) is 12.2. The van der Waals surface area contributed by atoms with Crippen LogP contribution in [0.5, 0.6) is 0 Å². The van der Waals surface area contributed by atoms with Crippen molar-refractivity contribution in [3.8, 4) is 0 Å². The van der Waals surface area contributed by atoms with Gasteiger partial charge in [-0.1, -0.05) is 6.07 Å². The molecule has 0 saturated heterocycles. The second kappa shape index (κ2) is 6.00. The summed E-state index contributed by atoms with van der Waals surface area (Å²) in [5.74, 6) is -0.955. The van der Waals surface area contributed by atoms with Crippen LogP contribution in [0.25, 0.3) is 0 Å². The molecule has 0 aliphatic heterocycles. The van der Waals surface area contributed by atoms with Crippen LogP contribution in [0.2, 0.25) is 0 Å². The van der Waals surface area contributed by atoms with Gasteiger partial charge in [-0.2, -0.15) is 17.6 Å². The van der Waals surface area contributed by atoms with Crippen LogP contribution in [0, 0.1) is 0 Å². The van der Waals surface area contributed by atoms with E-state index in [4.69, 9.17) is 33.2 Å². The zero-order chi connectivity index (χ0) is 16.6. The van der Waals surface area contributed by atoms with Crippen molar-refractivity contribution in [1.82, 2.24) is 0 Å². The van der Waals surface area contributed by atoms with Crippen molar-refractivity contribution in [3.63, 3.8) is 0 Å². The molecule has 1 rings (SSSR count). The van der Waals surface area contributed by atoms with E-state index in [2.05, 4.69) is 0 Å². The van der Waals surface area contributed by atoms with Crippen LogP contribution in [0.1, 0.15) is 18.1 Å². The Labute approximate surface area is 126 Å². The fraction of sp³-hybridized carbons (Fsp3) is 0.300. The van der Waals surface area contributed by atoms with Crippen molar-refractivity contribution in [2.45, 2.75) is 17.7 Å². The van der Waals surface area contributed by atoms with Gasteiger partial charge in [-0.05, 0) is 34.7 Å². The molecular weight excluding hydrogens is 340 g/mol. The molecule has 0 aromatic heterocycles. The minimum Gasteiger partial charge on any atom is -0.423 e. The molecule has 4 nitrogen and oxygen atoms in total. The maximum atomic E-state index is 13.5. The molecule has 11 heteroatoms. The molecule has 1 aromatic carbocycles. The third-order valence-corrected chi connectivity index (χ3v) is 2.80. The first-order chi connectivity index (χ1) is 9.35. The van der Waals surface area contributed by atoms with Gasteiger partial charge < -0.3 is 15.4 Å². The Bertz CT molecular complexity index is 560. The number of amides is 1. The van der Waals surface area contributed by atoms with Gasteiger partial charge in [0.15, 0.2) is 0 Å². The maximum Gasteiger partial charge on any atom is 0.489 e. The zero-order valence-electron chi connectivity index (χ0n) is 10.3. The number of nitrogens with one attached hydrogen (secondary N) is 1. The van der Waals surface area contributed by atoms with Gasteiger partial charge >= 0.3 is 17.9 Å². The van der Waals surface area contributed by atoms with Crippen LogP contribution in [0.3, 0.4) is 0 Å². The molecule has 0 unspecified atom stereocenters. The van der Waals surface area contributed by atoms with Crippen molar-refractivity contribution in [1.29, 1.82) is 0 Å². The Kier molecular flexibility index (Phi) is 5.15. The van der Waals surface area contributed by atoms with Crippen LogP contribution in [0.15, 0.2) is 12.1 Å². The summed E-state index contributed by atoms with van der Waals surface area (Å²) < 4.78 is 53.5. The number of rotatable bonds is 4. The minimum atomic E-state index is -4.25. The molecule has 1 amide bonds. The summed E-state index contributed by atoms with van der Waals surface area (Å²) >= 11 is 9.63. The van der Waals surface area contributed by atoms with E-state index in [-0.39, 0.29) is 0 Å². The highest BCUT2D eigenvalue weighted by Crippen LogP contribution is 2.44. The molecule has 0 aliphatic carbocycles. The molecule has 3 N–H and O–H groups in total. The van der Waals surface area contributed by atoms with E-state index in [1.54, 1.807) is 5.32 Å². The summed E-state index contributed by atoms with van der Waals surface area (Å²) in [4.78, 5) is 11.0. The SMILES string of the molecule is CC(=O)Nc1c(C(F)(F)Cl)ccc(B(O)O)c1C(F)(F)Cl. The molecule has 0 fully saturated rings. The molecular formula is C10H8BCl2F4NO3. The summed E-state index contributed by atoms with van der Waals surface area (Å²) in [6.07, 6.45) is 0. The Morgan fingerprint density at radius 2 is 1.71 bits per heavy atom. The first-order valence-corrected chi connectivity index (χ1v) is 6.06. The Balaban J connectivity index is 3.78. The summed E-state index contributed by atoms with van der Waals surface area (Å²) in [6, 6.07) is 1.19. The van der Waals surface area contributed by atoms with Gasteiger partial charge in [0.05, 0.1) is 16.8 Å².